The van der Waals surface area contributed by atoms with Gasteiger partial charge in [0.2, 0.25) is 5.75 Å². The van der Waals surface area contributed by atoms with Crippen LogP contribution in [0.15, 0.2) is 29.1 Å². The van der Waals surface area contributed by atoms with Crippen LogP contribution in [0.5, 0.6) is 5.75 Å². The fourth-order valence-electron chi connectivity index (χ4n) is 3.51. The Kier molecular flexibility index (Phi) is 6.32. The first-order valence-corrected chi connectivity index (χ1v) is 9.86. The predicted molar refractivity (Wildman–Crippen MR) is 105 cm³/mol. The van der Waals surface area contributed by atoms with Crippen LogP contribution in [0.25, 0.3) is 0 Å². The number of rotatable bonds is 7. The van der Waals surface area contributed by atoms with Gasteiger partial charge in [-0.05, 0) is 31.0 Å². The minimum absolute atomic E-state index is 0.114. The molecule has 3 rings (SSSR count). The van der Waals surface area contributed by atoms with Crippen LogP contribution >= 0.6 is 0 Å². The summed E-state index contributed by atoms with van der Waals surface area (Å²) in [7, 11) is 0. The highest BCUT2D eigenvalue weighted by molar-refractivity contribution is 5.94. The van der Waals surface area contributed by atoms with Crippen molar-refractivity contribution in [3.8, 4) is 5.75 Å². The molecule has 2 heterocycles. The Hall–Kier alpha value is -2.74. The maximum atomic E-state index is 13.0. The first kappa shape index (κ1) is 21.0. The zero-order chi connectivity index (χ0) is 21.0. The SMILES string of the molecule is CCCCCC1(C)OCCn2c1nc(C(=O)NCc1ccc(F)cc1)c(O)c2=O. The fraction of sp³-hybridized carbons (Fsp3) is 0.476. The Morgan fingerprint density at radius 3 is 2.76 bits per heavy atom. The molecule has 1 aromatic carbocycles. The summed E-state index contributed by atoms with van der Waals surface area (Å²) in [6.45, 7) is 4.69. The summed E-state index contributed by atoms with van der Waals surface area (Å²) in [5.41, 5.74) is -1.09. The summed E-state index contributed by atoms with van der Waals surface area (Å²) in [5.74, 6) is -1.36. The van der Waals surface area contributed by atoms with E-state index in [9.17, 15) is 19.1 Å². The van der Waals surface area contributed by atoms with Crippen LogP contribution < -0.4 is 10.9 Å². The average Bonchev–Trinajstić information content (AvgIpc) is 2.70. The van der Waals surface area contributed by atoms with Crippen molar-refractivity contribution in [3.63, 3.8) is 0 Å². The highest BCUT2D eigenvalue weighted by Gasteiger charge is 2.37. The lowest BCUT2D eigenvalue weighted by atomic mass is 9.95. The number of aromatic nitrogens is 2. The van der Waals surface area contributed by atoms with Gasteiger partial charge in [-0.2, -0.15) is 0 Å². The van der Waals surface area contributed by atoms with Gasteiger partial charge >= 0.3 is 0 Å². The van der Waals surface area contributed by atoms with Gasteiger partial charge in [0.15, 0.2) is 5.69 Å². The first-order chi connectivity index (χ1) is 13.9. The Morgan fingerprint density at radius 1 is 1.34 bits per heavy atom. The molecule has 2 aromatic rings. The molecule has 1 unspecified atom stereocenters. The molecule has 156 valence electrons. The Bertz CT molecular complexity index is 942. The molecule has 1 amide bonds. The molecule has 0 saturated carbocycles. The third kappa shape index (κ3) is 4.48. The number of halogens is 1. The molecule has 1 atom stereocenters. The third-order valence-corrected chi connectivity index (χ3v) is 5.19. The summed E-state index contributed by atoms with van der Waals surface area (Å²) in [4.78, 5) is 29.6. The number of carbonyl (C=O) groups excluding carboxylic acids is 1. The Balaban J connectivity index is 1.87. The molecule has 29 heavy (non-hydrogen) atoms. The van der Waals surface area contributed by atoms with E-state index in [1.54, 1.807) is 12.1 Å². The van der Waals surface area contributed by atoms with Crippen molar-refractivity contribution in [3.05, 3.63) is 57.5 Å². The quantitative estimate of drug-likeness (QED) is 0.694. The lowest BCUT2D eigenvalue weighted by Crippen LogP contribution is -2.43. The second kappa shape index (κ2) is 8.73. The molecule has 7 nitrogen and oxygen atoms in total. The van der Waals surface area contributed by atoms with Crippen LogP contribution in [-0.4, -0.2) is 27.2 Å². The number of fused-ring (bicyclic) bond motifs is 1. The molecule has 0 radical (unpaired) electrons. The third-order valence-electron chi connectivity index (χ3n) is 5.19. The van der Waals surface area contributed by atoms with Gasteiger partial charge in [-0.1, -0.05) is 38.3 Å². The Morgan fingerprint density at radius 2 is 2.07 bits per heavy atom. The standard InChI is InChI=1S/C21H26FN3O4/c1-3-4-5-10-21(2)20-24-16(17(26)19(28)25(20)11-12-29-21)18(27)23-13-14-6-8-15(22)9-7-14/h6-9,26H,3-5,10-13H2,1-2H3,(H,23,27). The van der Waals surface area contributed by atoms with Gasteiger partial charge in [-0.25, -0.2) is 9.37 Å². The van der Waals surface area contributed by atoms with E-state index in [4.69, 9.17) is 4.74 Å². The number of nitrogens with zero attached hydrogens (tertiary/aromatic N) is 2. The highest BCUT2D eigenvalue weighted by atomic mass is 19.1. The highest BCUT2D eigenvalue weighted by Crippen LogP contribution is 2.33. The second-order valence-electron chi connectivity index (χ2n) is 7.43. The summed E-state index contributed by atoms with van der Waals surface area (Å²) in [5, 5.41) is 12.9. The van der Waals surface area contributed by atoms with Crippen LogP contribution in [0.4, 0.5) is 4.39 Å². The molecule has 0 fully saturated rings. The van der Waals surface area contributed by atoms with Crippen LogP contribution in [0.3, 0.4) is 0 Å². The summed E-state index contributed by atoms with van der Waals surface area (Å²) < 4.78 is 20.3. The van der Waals surface area contributed by atoms with E-state index in [2.05, 4.69) is 17.2 Å². The number of hydrogen-bond acceptors (Lipinski definition) is 5. The molecule has 1 aromatic heterocycles. The molecule has 0 aliphatic carbocycles. The minimum Gasteiger partial charge on any atom is -0.501 e. The van der Waals surface area contributed by atoms with Crippen molar-refractivity contribution in [2.24, 2.45) is 0 Å². The largest absolute Gasteiger partial charge is 0.501 e. The maximum Gasteiger partial charge on any atom is 0.296 e. The van der Waals surface area contributed by atoms with Crippen molar-refractivity contribution >= 4 is 5.91 Å². The molecular formula is C21H26FN3O4. The number of benzene rings is 1. The molecule has 0 spiro atoms. The number of unbranched alkanes of at least 4 members (excludes halogenated alkanes) is 2. The summed E-state index contributed by atoms with van der Waals surface area (Å²) in [6, 6.07) is 5.68. The number of aromatic hydroxyl groups is 1. The lowest BCUT2D eigenvalue weighted by Gasteiger charge is -2.35. The topological polar surface area (TPSA) is 93.5 Å². The maximum absolute atomic E-state index is 13.0. The van der Waals surface area contributed by atoms with Crippen LogP contribution in [0, 0.1) is 5.82 Å². The fourth-order valence-corrected chi connectivity index (χ4v) is 3.51. The molecule has 2 N–H and O–H groups in total. The molecule has 1 aliphatic heterocycles. The van der Waals surface area contributed by atoms with E-state index in [1.807, 2.05) is 6.92 Å². The van der Waals surface area contributed by atoms with E-state index in [0.29, 0.717) is 24.4 Å². The van der Waals surface area contributed by atoms with Gasteiger partial charge in [-0.3, -0.25) is 14.2 Å². The van der Waals surface area contributed by atoms with Crippen LogP contribution in [-0.2, 0) is 23.4 Å². The molecule has 0 bridgehead atoms. The van der Waals surface area contributed by atoms with Crippen molar-refractivity contribution in [1.29, 1.82) is 0 Å². The van der Waals surface area contributed by atoms with E-state index < -0.39 is 22.8 Å². The van der Waals surface area contributed by atoms with Gasteiger partial charge < -0.3 is 15.2 Å². The van der Waals surface area contributed by atoms with E-state index >= 15 is 0 Å². The van der Waals surface area contributed by atoms with E-state index in [1.165, 1.54) is 16.7 Å². The second-order valence-corrected chi connectivity index (χ2v) is 7.43. The van der Waals surface area contributed by atoms with Crippen molar-refractivity contribution in [1.82, 2.24) is 14.9 Å². The van der Waals surface area contributed by atoms with Gasteiger partial charge in [0.1, 0.15) is 17.2 Å². The lowest BCUT2D eigenvalue weighted by molar-refractivity contribution is -0.0772. The van der Waals surface area contributed by atoms with Gasteiger partial charge in [0.05, 0.1) is 13.2 Å². The number of amides is 1. The average molecular weight is 403 g/mol. The smallest absolute Gasteiger partial charge is 0.296 e. The monoisotopic (exact) mass is 403 g/mol. The predicted octanol–water partition coefficient (Wildman–Crippen LogP) is 2.84. The van der Waals surface area contributed by atoms with Crippen LogP contribution in [0.1, 0.15) is 61.4 Å². The zero-order valence-electron chi connectivity index (χ0n) is 16.7. The normalized spacial score (nSPS) is 18.3. The minimum atomic E-state index is -0.799. The van der Waals surface area contributed by atoms with Gasteiger partial charge in [0, 0.05) is 6.54 Å². The van der Waals surface area contributed by atoms with Gasteiger partial charge in [0.25, 0.3) is 11.5 Å². The summed E-state index contributed by atoms with van der Waals surface area (Å²) >= 11 is 0. The van der Waals surface area contributed by atoms with E-state index in [-0.39, 0.29) is 24.6 Å². The number of ether oxygens (including phenoxy) is 1. The molecule has 8 heteroatoms. The number of carbonyl (C=O) groups is 1. The first-order valence-electron chi connectivity index (χ1n) is 9.86. The Labute approximate surface area is 168 Å². The summed E-state index contributed by atoms with van der Waals surface area (Å²) in [6.07, 6.45) is 3.62. The number of hydrogen-bond donors (Lipinski definition) is 2. The molecular weight excluding hydrogens is 377 g/mol. The van der Waals surface area contributed by atoms with Crippen molar-refractivity contribution in [2.45, 2.75) is 58.2 Å². The van der Waals surface area contributed by atoms with E-state index in [0.717, 1.165) is 19.3 Å². The number of nitrogens with one attached hydrogen (secondary N) is 1. The van der Waals surface area contributed by atoms with Crippen molar-refractivity contribution in [2.75, 3.05) is 6.61 Å². The molecule has 1 aliphatic rings. The van der Waals surface area contributed by atoms with Crippen molar-refractivity contribution < 1.29 is 19.0 Å². The van der Waals surface area contributed by atoms with Gasteiger partial charge in [-0.15, -0.1) is 0 Å². The molecule has 0 saturated heterocycles. The zero-order valence-corrected chi connectivity index (χ0v) is 16.7. The van der Waals surface area contributed by atoms with Crippen LogP contribution in [0.2, 0.25) is 0 Å².